The lowest BCUT2D eigenvalue weighted by atomic mass is 10.1. The van der Waals surface area contributed by atoms with E-state index < -0.39 is 0 Å². The molecule has 0 saturated carbocycles. The van der Waals surface area contributed by atoms with Crippen molar-refractivity contribution in [1.82, 2.24) is 0 Å². The molecule has 0 amide bonds. The normalized spacial score (nSPS) is 9.58. The van der Waals surface area contributed by atoms with E-state index in [0.29, 0.717) is 5.71 Å². The van der Waals surface area contributed by atoms with Crippen molar-refractivity contribution < 1.29 is 0 Å². The fourth-order valence-corrected chi connectivity index (χ4v) is 1.41. The summed E-state index contributed by atoms with van der Waals surface area (Å²) in [6, 6.07) is 5.83. The Morgan fingerprint density at radius 1 is 1.50 bits per heavy atom. The predicted molar refractivity (Wildman–Crippen MR) is 56.2 cm³/mol. The molecule has 0 bridgehead atoms. The third kappa shape index (κ3) is 1.85. The molecule has 3 heteroatoms. The van der Waals surface area contributed by atoms with E-state index in [1.165, 1.54) is 0 Å². The van der Waals surface area contributed by atoms with Gasteiger partial charge < -0.3 is 10.7 Å². The Morgan fingerprint density at radius 3 is 2.67 bits per heavy atom. The van der Waals surface area contributed by atoms with Gasteiger partial charge in [-0.3, -0.25) is 0 Å². The molecule has 1 aromatic carbocycles. The quantitative estimate of drug-likeness (QED) is 0.748. The second-order valence-electron chi connectivity index (χ2n) is 2.56. The van der Waals surface area contributed by atoms with Crippen molar-refractivity contribution in [2.45, 2.75) is 6.92 Å². The Hall–Kier alpha value is -0.830. The van der Waals surface area contributed by atoms with E-state index in [4.69, 9.17) is 5.41 Å². The second kappa shape index (κ2) is 3.72. The number of halogens is 1. The van der Waals surface area contributed by atoms with Crippen LogP contribution in [0.15, 0.2) is 22.7 Å². The van der Waals surface area contributed by atoms with Crippen LogP contribution in [-0.4, -0.2) is 12.8 Å². The molecule has 0 aliphatic heterocycles. The van der Waals surface area contributed by atoms with Crippen LogP contribution in [0.25, 0.3) is 0 Å². The summed E-state index contributed by atoms with van der Waals surface area (Å²) in [7, 11) is 1.86. The summed E-state index contributed by atoms with van der Waals surface area (Å²) in [5, 5.41) is 10.5. The van der Waals surface area contributed by atoms with Crippen molar-refractivity contribution >= 4 is 27.3 Å². The van der Waals surface area contributed by atoms with Gasteiger partial charge in [0.2, 0.25) is 0 Å². The second-order valence-corrected chi connectivity index (χ2v) is 3.48. The first kappa shape index (κ1) is 9.26. The van der Waals surface area contributed by atoms with Crippen molar-refractivity contribution in [3.05, 3.63) is 28.2 Å². The largest absolute Gasteiger partial charge is 0.388 e. The van der Waals surface area contributed by atoms with Crippen molar-refractivity contribution in [2.24, 2.45) is 0 Å². The molecular weight excluding hydrogens is 216 g/mol. The van der Waals surface area contributed by atoms with E-state index in [1.54, 1.807) is 6.92 Å². The first-order valence-electron chi connectivity index (χ1n) is 3.68. The summed E-state index contributed by atoms with van der Waals surface area (Å²) in [6.07, 6.45) is 0. The summed E-state index contributed by atoms with van der Waals surface area (Å²) < 4.78 is 1.02. The molecule has 0 aliphatic carbocycles. The Bertz CT molecular complexity index is 307. The van der Waals surface area contributed by atoms with Crippen LogP contribution in [0.4, 0.5) is 5.69 Å². The van der Waals surface area contributed by atoms with Crippen LogP contribution in [0.1, 0.15) is 12.5 Å². The average Bonchev–Trinajstić information content (AvgIpc) is 2.03. The molecule has 12 heavy (non-hydrogen) atoms. The highest BCUT2D eigenvalue weighted by atomic mass is 79.9. The summed E-state index contributed by atoms with van der Waals surface area (Å²) in [6.45, 7) is 1.78. The summed E-state index contributed by atoms with van der Waals surface area (Å²) in [4.78, 5) is 0. The van der Waals surface area contributed by atoms with Gasteiger partial charge in [0.25, 0.3) is 0 Å². The lowest BCUT2D eigenvalue weighted by Gasteiger charge is -2.07. The molecule has 0 saturated heterocycles. The van der Waals surface area contributed by atoms with Gasteiger partial charge in [-0.05, 0) is 25.1 Å². The fourth-order valence-electron chi connectivity index (χ4n) is 1.05. The monoisotopic (exact) mass is 226 g/mol. The maximum atomic E-state index is 7.49. The van der Waals surface area contributed by atoms with E-state index >= 15 is 0 Å². The molecule has 0 aromatic heterocycles. The molecule has 64 valence electrons. The zero-order valence-electron chi connectivity index (χ0n) is 7.11. The molecule has 0 spiro atoms. The van der Waals surface area contributed by atoms with Crippen molar-refractivity contribution in [3.63, 3.8) is 0 Å². The fraction of sp³-hybridized carbons (Fsp3) is 0.222. The summed E-state index contributed by atoms with van der Waals surface area (Å²) in [5.41, 5.74) is 2.50. The number of rotatable bonds is 2. The van der Waals surface area contributed by atoms with Gasteiger partial charge in [-0.1, -0.05) is 15.9 Å². The third-order valence-electron chi connectivity index (χ3n) is 1.65. The highest BCUT2D eigenvalue weighted by Crippen LogP contribution is 2.21. The van der Waals surface area contributed by atoms with Crippen molar-refractivity contribution in [2.75, 3.05) is 12.4 Å². The predicted octanol–water partition coefficient (Wildman–Crippen LogP) is 2.88. The first-order chi connectivity index (χ1) is 5.65. The Kier molecular flexibility index (Phi) is 2.87. The zero-order chi connectivity index (χ0) is 9.14. The lowest BCUT2D eigenvalue weighted by molar-refractivity contribution is 1.42. The van der Waals surface area contributed by atoms with Gasteiger partial charge in [0.15, 0.2) is 0 Å². The SMILES string of the molecule is CNc1cc(Br)ccc1C(C)=N. The van der Waals surface area contributed by atoms with E-state index in [-0.39, 0.29) is 0 Å². The maximum absolute atomic E-state index is 7.49. The molecular formula is C9H11BrN2. The Morgan fingerprint density at radius 2 is 2.17 bits per heavy atom. The molecule has 0 unspecified atom stereocenters. The molecule has 0 fully saturated rings. The highest BCUT2D eigenvalue weighted by Gasteiger charge is 2.02. The lowest BCUT2D eigenvalue weighted by Crippen LogP contribution is -1.99. The topological polar surface area (TPSA) is 35.9 Å². The Balaban J connectivity index is 3.20. The number of hydrogen-bond donors (Lipinski definition) is 2. The van der Waals surface area contributed by atoms with Crippen LogP contribution >= 0.6 is 15.9 Å². The minimum absolute atomic E-state index is 0.576. The maximum Gasteiger partial charge on any atom is 0.0440 e. The van der Waals surface area contributed by atoms with Crippen LogP contribution in [0.5, 0.6) is 0 Å². The summed E-state index contributed by atoms with van der Waals surface area (Å²) >= 11 is 3.38. The summed E-state index contributed by atoms with van der Waals surface area (Å²) in [5.74, 6) is 0. The van der Waals surface area contributed by atoms with Crippen LogP contribution in [-0.2, 0) is 0 Å². The van der Waals surface area contributed by atoms with Crippen LogP contribution in [0, 0.1) is 5.41 Å². The van der Waals surface area contributed by atoms with Crippen LogP contribution < -0.4 is 5.32 Å². The zero-order valence-corrected chi connectivity index (χ0v) is 8.70. The van der Waals surface area contributed by atoms with E-state index in [2.05, 4.69) is 21.2 Å². The number of anilines is 1. The molecule has 1 aromatic rings. The van der Waals surface area contributed by atoms with Crippen molar-refractivity contribution in [1.29, 1.82) is 5.41 Å². The average molecular weight is 227 g/mol. The van der Waals surface area contributed by atoms with E-state index in [9.17, 15) is 0 Å². The van der Waals surface area contributed by atoms with Crippen LogP contribution in [0.3, 0.4) is 0 Å². The first-order valence-corrected chi connectivity index (χ1v) is 4.47. The van der Waals surface area contributed by atoms with E-state index in [1.807, 2.05) is 25.2 Å². The number of hydrogen-bond acceptors (Lipinski definition) is 2. The molecule has 0 radical (unpaired) electrons. The molecule has 0 aliphatic rings. The van der Waals surface area contributed by atoms with Gasteiger partial charge in [0.1, 0.15) is 0 Å². The van der Waals surface area contributed by atoms with E-state index in [0.717, 1.165) is 15.7 Å². The highest BCUT2D eigenvalue weighted by molar-refractivity contribution is 9.10. The minimum atomic E-state index is 0.576. The van der Waals surface area contributed by atoms with Gasteiger partial charge in [-0.2, -0.15) is 0 Å². The smallest absolute Gasteiger partial charge is 0.0440 e. The van der Waals surface area contributed by atoms with Gasteiger partial charge in [-0.25, -0.2) is 0 Å². The standard InChI is InChI=1S/C9H11BrN2/c1-6(11)8-4-3-7(10)5-9(8)12-2/h3-5,11-12H,1-2H3. The van der Waals surface area contributed by atoms with Gasteiger partial charge in [0.05, 0.1) is 0 Å². The number of nitrogens with one attached hydrogen (secondary N) is 2. The van der Waals surface area contributed by atoms with Gasteiger partial charge >= 0.3 is 0 Å². The molecule has 0 heterocycles. The Labute approximate surface area is 80.6 Å². The van der Waals surface area contributed by atoms with Crippen molar-refractivity contribution in [3.8, 4) is 0 Å². The third-order valence-corrected chi connectivity index (χ3v) is 2.15. The minimum Gasteiger partial charge on any atom is -0.388 e. The molecule has 1 rings (SSSR count). The molecule has 2 nitrogen and oxygen atoms in total. The van der Waals surface area contributed by atoms with Gasteiger partial charge in [0, 0.05) is 28.5 Å². The molecule has 0 atom stereocenters. The van der Waals surface area contributed by atoms with Crippen LogP contribution in [0.2, 0.25) is 0 Å². The van der Waals surface area contributed by atoms with Gasteiger partial charge in [-0.15, -0.1) is 0 Å². The number of benzene rings is 1. The molecule has 2 N–H and O–H groups in total.